The van der Waals surface area contributed by atoms with Crippen molar-refractivity contribution in [2.75, 3.05) is 32.8 Å². The van der Waals surface area contributed by atoms with Crippen LogP contribution in [-0.4, -0.2) is 49.2 Å². The minimum Gasteiger partial charge on any atom is -0.379 e. The summed E-state index contributed by atoms with van der Waals surface area (Å²) in [4.78, 5) is 17.3. The van der Waals surface area contributed by atoms with Crippen LogP contribution in [0.5, 0.6) is 0 Å². The smallest absolute Gasteiger partial charge is 0.261 e. The molecular formula is C19H30N2O2S. The van der Waals surface area contributed by atoms with E-state index in [2.05, 4.69) is 37.1 Å². The van der Waals surface area contributed by atoms with Crippen LogP contribution in [0.4, 0.5) is 0 Å². The summed E-state index contributed by atoms with van der Waals surface area (Å²) in [5.41, 5.74) is 1.37. The Hall–Kier alpha value is -0.910. The Morgan fingerprint density at radius 2 is 2.17 bits per heavy atom. The number of rotatable bonds is 5. The number of nitrogens with one attached hydrogen (secondary N) is 1. The molecule has 0 radical (unpaired) electrons. The molecule has 1 aromatic heterocycles. The van der Waals surface area contributed by atoms with Crippen LogP contribution in [0, 0.1) is 5.92 Å². The normalized spacial score (nSPS) is 22.2. The summed E-state index contributed by atoms with van der Waals surface area (Å²) in [5, 5.41) is 3.16. The molecular weight excluding hydrogens is 320 g/mol. The number of nitrogens with zero attached hydrogens (tertiary/aromatic N) is 1. The molecule has 134 valence electrons. The first-order valence-corrected chi connectivity index (χ1v) is 10.0. The molecule has 0 bridgehead atoms. The molecule has 0 spiro atoms. The maximum Gasteiger partial charge on any atom is 0.261 e. The summed E-state index contributed by atoms with van der Waals surface area (Å²) in [6.07, 6.45) is 4.81. The highest BCUT2D eigenvalue weighted by Crippen LogP contribution is 2.33. The molecule has 1 amide bonds. The Balaban J connectivity index is 1.58. The van der Waals surface area contributed by atoms with E-state index in [-0.39, 0.29) is 11.4 Å². The summed E-state index contributed by atoms with van der Waals surface area (Å²) in [6.45, 7) is 10.8. The molecule has 1 atom stereocenters. The van der Waals surface area contributed by atoms with Gasteiger partial charge in [-0.3, -0.25) is 9.69 Å². The predicted octanol–water partition coefficient (Wildman–Crippen LogP) is 3.10. The fraction of sp³-hybridized carbons (Fsp3) is 0.737. The topological polar surface area (TPSA) is 41.6 Å². The van der Waals surface area contributed by atoms with Gasteiger partial charge in [0.05, 0.1) is 18.1 Å². The minimum atomic E-state index is -0.0381. The first kappa shape index (κ1) is 17.9. The molecule has 5 heteroatoms. The zero-order valence-corrected chi connectivity index (χ0v) is 16.0. The third-order valence-corrected chi connectivity index (χ3v) is 6.77. The molecule has 0 saturated carbocycles. The molecule has 2 heterocycles. The molecule has 0 aromatic carbocycles. The first-order valence-electron chi connectivity index (χ1n) is 9.22. The Kier molecular flexibility index (Phi) is 5.63. The number of ether oxygens (including phenoxy) is 1. The molecule has 1 saturated heterocycles. The van der Waals surface area contributed by atoms with E-state index in [1.165, 1.54) is 23.3 Å². The van der Waals surface area contributed by atoms with Crippen molar-refractivity contribution in [3.05, 3.63) is 21.4 Å². The summed E-state index contributed by atoms with van der Waals surface area (Å²) >= 11 is 1.70. The first-order chi connectivity index (χ1) is 11.5. The Bertz CT molecular complexity index is 576. The number of amides is 1. The highest BCUT2D eigenvalue weighted by atomic mass is 32.1. The molecule has 3 rings (SSSR count). The standard InChI is InChI=1S/C19H30N2O2S/c1-4-14-5-6-16-15(11-14)12-17(24-16)18(22)20-13-19(2,3)21-7-9-23-10-8-21/h12,14H,4-11,13H2,1-3H3,(H,20,22). The van der Waals surface area contributed by atoms with Gasteiger partial charge in [0.25, 0.3) is 5.91 Å². The van der Waals surface area contributed by atoms with Gasteiger partial charge in [0.15, 0.2) is 0 Å². The summed E-state index contributed by atoms with van der Waals surface area (Å²) in [6, 6.07) is 2.14. The lowest BCUT2D eigenvalue weighted by atomic mass is 9.87. The Morgan fingerprint density at radius 3 is 2.88 bits per heavy atom. The van der Waals surface area contributed by atoms with Crippen LogP contribution >= 0.6 is 11.3 Å². The van der Waals surface area contributed by atoms with Gasteiger partial charge in [-0.1, -0.05) is 13.3 Å². The van der Waals surface area contributed by atoms with Crippen LogP contribution in [0.25, 0.3) is 0 Å². The van der Waals surface area contributed by atoms with E-state index in [9.17, 15) is 4.79 Å². The largest absolute Gasteiger partial charge is 0.379 e. The second-order valence-electron chi connectivity index (χ2n) is 7.67. The van der Waals surface area contributed by atoms with E-state index in [1.807, 2.05) is 0 Å². The third kappa shape index (κ3) is 4.01. The van der Waals surface area contributed by atoms with Crippen molar-refractivity contribution in [3.63, 3.8) is 0 Å². The van der Waals surface area contributed by atoms with Crippen LogP contribution in [0.2, 0.25) is 0 Å². The quantitative estimate of drug-likeness (QED) is 0.887. The minimum absolute atomic E-state index is 0.0381. The lowest BCUT2D eigenvalue weighted by Crippen LogP contribution is -2.55. The predicted molar refractivity (Wildman–Crippen MR) is 98.9 cm³/mol. The average Bonchev–Trinajstić information content (AvgIpc) is 3.03. The molecule has 2 aliphatic rings. The van der Waals surface area contributed by atoms with E-state index in [0.29, 0.717) is 6.54 Å². The van der Waals surface area contributed by atoms with E-state index >= 15 is 0 Å². The van der Waals surface area contributed by atoms with Gasteiger partial charge in [-0.05, 0) is 50.7 Å². The van der Waals surface area contributed by atoms with Gasteiger partial charge in [0, 0.05) is 30.1 Å². The maximum absolute atomic E-state index is 12.6. The lowest BCUT2D eigenvalue weighted by Gasteiger charge is -2.40. The molecule has 24 heavy (non-hydrogen) atoms. The van der Waals surface area contributed by atoms with Crippen molar-refractivity contribution < 1.29 is 9.53 Å². The second-order valence-corrected chi connectivity index (χ2v) is 8.81. The van der Waals surface area contributed by atoms with Gasteiger partial charge in [0.1, 0.15) is 0 Å². The number of hydrogen-bond acceptors (Lipinski definition) is 4. The van der Waals surface area contributed by atoms with Crippen LogP contribution in [0.3, 0.4) is 0 Å². The highest BCUT2D eigenvalue weighted by molar-refractivity contribution is 7.14. The zero-order chi connectivity index (χ0) is 17.2. The van der Waals surface area contributed by atoms with Crippen molar-refractivity contribution in [1.82, 2.24) is 10.2 Å². The van der Waals surface area contributed by atoms with Crippen LogP contribution < -0.4 is 5.32 Å². The van der Waals surface area contributed by atoms with Gasteiger partial charge in [-0.25, -0.2) is 0 Å². The molecule has 1 N–H and O–H groups in total. The van der Waals surface area contributed by atoms with Crippen LogP contribution in [0.1, 0.15) is 53.7 Å². The number of morpholine rings is 1. The molecule has 1 aliphatic heterocycles. The molecule has 1 unspecified atom stereocenters. The zero-order valence-electron chi connectivity index (χ0n) is 15.2. The molecule has 1 fully saturated rings. The van der Waals surface area contributed by atoms with Crippen molar-refractivity contribution in [2.45, 2.75) is 52.0 Å². The molecule has 1 aliphatic carbocycles. The van der Waals surface area contributed by atoms with Crippen LogP contribution in [0.15, 0.2) is 6.07 Å². The SMILES string of the molecule is CCC1CCc2sc(C(=O)NCC(C)(C)N3CCOCC3)cc2C1. The second kappa shape index (κ2) is 7.54. The van der Waals surface area contributed by atoms with Gasteiger partial charge < -0.3 is 10.1 Å². The van der Waals surface area contributed by atoms with Crippen LogP contribution in [-0.2, 0) is 17.6 Å². The fourth-order valence-corrected chi connectivity index (χ4v) is 4.85. The van der Waals surface area contributed by atoms with E-state index in [4.69, 9.17) is 4.74 Å². The molecule has 1 aromatic rings. The number of fused-ring (bicyclic) bond motifs is 1. The lowest BCUT2D eigenvalue weighted by molar-refractivity contribution is -0.00922. The van der Waals surface area contributed by atoms with Gasteiger partial charge in [-0.2, -0.15) is 0 Å². The monoisotopic (exact) mass is 350 g/mol. The van der Waals surface area contributed by atoms with E-state index < -0.39 is 0 Å². The Morgan fingerprint density at radius 1 is 1.42 bits per heavy atom. The van der Waals surface area contributed by atoms with Gasteiger partial charge in [-0.15, -0.1) is 11.3 Å². The Labute approximate surface area is 149 Å². The number of thiophene rings is 1. The number of aryl methyl sites for hydroxylation is 1. The van der Waals surface area contributed by atoms with Crippen molar-refractivity contribution in [3.8, 4) is 0 Å². The number of carbonyl (C=O) groups excluding carboxylic acids is 1. The van der Waals surface area contributed by atoms with E-state index in [0.717, 1.165) is 49.9 Å². The average molecular weight is 351 g/mol. The summed E-state index contributed by atoms with van der Waals surface area (Å²) < 4.78 is 5.43. The maximum atomic E-state index is 12.6. The molecule has 4 nitrogen and oxygen atoms in total. The number of carbonyl (C=O) groups is 1. The third-order valence-electron chi connectivity index (χ3n) is 5.53. The number of hydrogen-bond donors (Lipinski definition) is 1. The van der Waals surface area contributed by atoms with Crippen molar-refractivity contribution in [2.24, 2.45) is 5.92 Å². The van der Waals surface area contributed by atoms with Crippen molar-refractivity contribution in [1.29, 1.82) is 0 Å². The summed E-state index contributed by atoms with van der Waals surface area (Å²) in [7, 11) is 0. The fourth-order valence-electron chi connectivity index (χ4n) is 3.72. The summed E-state index contributed by atoms with van der Waals surface area (Å²) in [5.74, 6) is 0.882. The van der Waals surface area contributed by atoms with E-state index in [1.54, 1.807) is 11.3 Å². The van der Waals surface area contributed by atoms with Crippen molar-refractivity contribution >= 4 is 17.2 Å². The highest BCUT2D eigenvalue weighted by Gasteiger charge is 2.29. The van der Waals surface area contributed by atoms with Gasteiger partial charge >= 0.3 is 0 Å². The van der Waals surface area contributed by atoms with Gasteiger partial charge in [0.2, 0.25) is 0 Å².